The Labute approximate surface area is 212 Å². The van der Waals surface area contributed by atoms with Gasteiger partial charge in [0.1, 0.15) is 11.9 Å². The minimum Gasteiger partial charge on any atom is -0.444 e. The van der Waals surface area contributed by atoms with Crippen molar-refractivity contribution >= 4 is 29.2 Å². The highest BCUT2D eigenvalue weighted by Gasteiger charge is 2.50. The summed E-state index contributed by atoms with van der Waals surface area (Å²) >= 11 is 0. The number of aromatic nitrogens is 1. The van der Waals surface area contributed by atoms with E-state index in [1.165, 1.54) is 0 Å². The number of ether oxygens (including phenoxy) is 1. The van der Waals surface area contributed by atoms with E-state index in [4.69, 9.17) is 4.74 Å². The number of nitrogens with zero attached hydrogens (tertiary/aromatic N) is 2. The Morgan fingerprint density at radius 2 is 2.06 bits per heavy atom. The van der Waals surface area contributed by atoms with Gasteiger partial charge in [-0.3, -0.25) is 9.78 Å². The van der Waals surface area contributed by atoms with E-state index in [1.54, 1.807) is 18.1 Å². The standard InChI is InChI=1S/C28H37N3O5/c1-27(2,3)36-26(34)31-12-11-28(35,23(17-31)18-7-8-18)21-9-10-24-19(15-21)14-20(16-30-24)22(6-5-13-32)25(33)29-4/h9-10,13-16,18,22-23,35H,5-8,11-12,17H2,1-4H3,(H,29,33). The normalized spacial score (nSPS) is 23.2. The average Bonchev–Trinajstić information content (AvgIpc) is 3.68. The molecule has 0 radical (unpaired) electrons. The van der Waals surface area contributed by atoms with Gasteiger partial charge in [-0.05, 0) is 81.7 Å². The minimum absolute atomic E-state index is 0.0847. The number of hydrogen-bond acceptors (Lipinski definition) is 6. The number of rotatable bonds is 7. The van der Waals surface area contributed by atoms with Crippen LogP contribution in [-0.4, -0.2) is 59.0 Å². The topological polar surface area (TPSA) is 109 Å². The SMILES string of the molecule is CNC(=O)C(CCC=O)c1cnc2ccc(C3(O)CCN(C(=O)OC(C)(C)C)CC3C3CC3)cc2c1. The zero-order valence-electron chi connectivity index (χ0n) is 21.6. The van der Waals surface area contributed by atoms with Crippen molar-refractivity contribution in [3.05, 3.63) is 41.6 Å². The lowest BCUT2D eigenvalue weighted by atomic mass is 9.73. The fourth-order valence-electron chi connectivity index (χ4n) is 5.33. The first-order valence-corrected chi connectivity index (χ1v) is 12.8. The second kappa shape index (κ2) is 10.2. The van der Waals surface area contributed by atoms with Crippen LogP contribution in [0.4, 0.5) is 4.79 Å². The molecule has 0 spiro atoms. The van der Waals surface area contributed by atoms with Crippen LogP contribution >= 0.6 is 0 Å². The van der Waals surface area contributed by atoms with Gasteiger partial charge in [-0.2, -0.15) is 0 Å². The fraction of sp³-hybridized carbons (Fsp3) is 0.571. The van der Waals surface area contributed by atoms with E-state index >= 15 is 0 Å². The Bertz CT molecular complexity index is 1140. The van der Waals surface area contributed by atoms with Crippen molar-refractivity contribution in [1.82, 2.24) is 15.2 Å². The van der Waals surface area contributed by atoms with Crippen LogP contribution in [0.15, 0.2) is 30.5 Å². The summed E-state index contributed by atoms with van der Waals surface area (Å²) in [5.41, 5.74) is 0.680. The molecule has 2 heterocycles. The summed E-state index contributed by atoms with van der Waals surface area (Å²) in [6.07, 6.45) is 5.37. The van der Waals surface area contributed by atoms with Crippen LogP contribution in [0.25, 0.3) is 10.9 Å². The quantitative estimate of drug-likeness (QED) is 0.564. The minimum atomic E-state index is -1.07. The van der Waals surface area contributed by atoms with E-state index in [-0.39, 0.29) is 24.3 Å². The molecule has 0 bridgehead atoms. The molecule has 3 atom stereocenters. The zero-order chi connectivity index (χ0) is 26.1. The van der Waals surface area contributed by atoms with Gasteiger partial charge in [-0.1, -0.05) is 6.07 Å². The molecule has 1 aliphatic carbocycles. The number of piperidine rings is 1. The molecule has 36 heavy (non-hydrogen) atoms. The molecule has 8 nitrogen and oxygen atoms in total. The summed E-state index contributed by atoms with van der Waals surface area (Å²) in [5, 5.41) is 15.5. The molecule has 194 valence electrons. The molecule has 2 N–H and O–H groups in total. The fourth-order valence-corrected chi connectivity index (χ4v) is 5.33. The molecule has 2 amide bonds. The number of fused-ring (bicyclic) bond motifs is 1. The Morgan fingerprint density at radius 3 is 2.69 bits per heavy atom. The van der Waals surface area contributed by atoms with Crippen LogP contribution in [0, 0.1) is 11.8 Å². The summed E-state index contributed by atoms with van der Waals surface area (Å²) in [6, 6.07) is 7.72. The van der Waals surface area contributed by atoms with Gasteiger partial charge >= 0.3 is 6.09 Å². The second-order valence-corrected chi connectivity index (χ2v) is 11.1. The molecule has 1 aromatic carbocycles. The maximum Gasteiger partial charge on any atom is 0.410 e. The average molecular weight is 496 g/mol. The first-order chi connectivity index (χ1) is 17.1. The van der Waals surface area contributed by atoms with Crippen LogP contribution in [-0.2, 0) is 19.9 Å². The van der Waals surface area contributed by atoms with Crippen LogP contribution in [0.1, 0.15) is 69.9 Å². The highest BCUT2D eigenvalue weighted by molar-refractivity contribution is 5.86. The summed E-state index contributed by atoms with van der Waals surface area (Å²) in [4.78, 5) is 42.4. The van der Waals surface area contributed by atoms with Crippen molar-refractivity contribution < 1.29 is 24.2 Å². The van der Waals surface area contributed by atoms with E-state index in [2.05, 4.69) is 10.3 Å². The van der Waals surface area contributed by atoms with Crippen molar-refractivity contribution in [2.45, 2.75) is 70.0 Å². The number of hydrogen-bond donors (Lipinski definition) is 2. The monoisotopic (exact) mass is 495 g/mol. The second-order valence-electron chi connectivity index (χ2n) is 11.1. The Kier molecular flexibility index (Phi) is 7.36. The third-order valence-electron chi connectivity index (χ3n) is 7.38. The van der Waals surface area contributed by atoms with E-state index in [1.807, 2.05) is 45.0 Å². The smallest absolute Gasteiger partial charge is 0.410 e. The molecule has 2 aromatic rings. The number of aldehydes is 1. The highest BCUT2D eigenvalue weighted by Crippen LogP contribution is 2.50. The number of amides is 2. The highest BCUT2D eigenvalue weighted by atomic mass is 16.6. The number of likely N-dealkylation sites (N-methyl/N-ethyl adjacent to an activating group) is 1. The largest absolute Gasteiger partial charge is 0.444 e. The summed E-state index contributed by atoms with van der Waals surface area (Å²) in [5.74, 6) is -0.351. The van der Waals surface area contributed by atoms with Crippen LogP contribution in [0.3, 0.4) is 0 Å². The predicted molar refractivity (Wildman–Crippen MR) is 136 cm³/mol. The molecule has 2 fully saturated rings. The van der Waals surface area contributed by atoms with Crippen molar-refractivity contribution in [2.75, 3.05) is 20.1 Å². The number of benzene rings is 1. The van der Waals surface area contributed by atoms with Crippen LogP contribution in [0.5, 0.6) is 0 Å². The van der Waals surface area contributed by atoms with E-state index in [9.17, 15) is 19.5 Å². The van der Waals surface area contributed by atoms with Crippen molar-refractivity contribution in [1.29, 1.82) is 0 Å². The van der Waals surface area contributed by atoms with E-state index < -0.39 is 17.1 Å². The van der Waals surface area contributed by atoms with Gasteiger partial charge < -0.3 is 24.9 Å². The molecule has 8 heteroatoms. The number of likely N-dealkylation sites (tertiary alicyclic amines) is 1. The molecule has 1 saturated heterocycles. The third-order valence-corrected chi connectivity index (χ3v) is 7.38. The van der Waals surface area contributed by atoms with Crippen molar-refractivity contribution in [3.8, 4) is 0 Å². The molecule has 3 unspecified atom stereocenters. The van der Waals surface area contributed by atoms with Gasteiger partial charge in [0.05, 0.1) is 17.0 Å². The molecule has 4 rings (SSSR count). The van der Waals surface area contributed by atoms with Crippen molar-refractivity contribution in [2.24, 2.45) is 11.8 Å². The van der Waals surface area contributed by atoms with Crippen LogP contribution < -0.4 is 5.32 Å². The molecular formula is C28H37N3O5. The van der Waals surface area contributed by atoms with Crippen molar-refractivity contribution in [3.63, 3.8) is 0 Å². The van der Waals surface area contributed by atoms with E-state index in [0.717, 1.165) is 41.2 Å². The lowest BCUT2D eigenvalue weighted by Crippen LogP contribution is -2.53. The third kappa shape index (κ3) is 5.53. The molecule has 1 saturated carbocycles. The van der Waals surface area contributed by atoms with Gasteiger partial charge in [0, 0.05) is 44.1 Å². The number of carbonyl (C=O) groups is 3. The predicted octanol–water partition coefficient (Wildman–Crippen LogP) is 3.90. The maximum atomic E-state index is 12.7. The zero-order valence-corrected chi connectivity index (χ0v) is 21.6. The first-order valence-electron chi connectivity index (χ1n) is 12.8. The molecular weight excluding hydrogens is 458 g/mol. The Hall–Kier alpha value is -3.00. The molecule has 1 aliphatic heterocycles. The van der Waals surface area contributed by atoms with Gasteiger partial charge in [0.15, 0.2) is 0 Å². The van der Waals surface area contributed by atoms with Gasteiger partial charge in [-0.15, -0.1) is 0 Å². The number of carbonyl (C=O) groups excluding carboxylic acids is 3. The lowest BCUT2D eigenvalue weighted by Gasteiger charge is -2.45. The summed E-state index contributed by atoms with van der Waals surface area (Å²) in [6.45, 7) is 6.43. The van der Waals surface area contributed by atoms with Crippen LogP contribution in [0.2, 0.25) is 0 Å². The van der Waals surface area contributed by atoms with Gasteiger partial charge in [-0.25, -0.2) is 4.79 Å². The molecule has 2 aliphatic rings. The van der Waals surface area contributed by atoms with Gasteiger partial charge in [0.2, 0.25) is 5.91 Å². The van der Waals surface area contributed by atoms with E-state index in [0.29, 0.717) is 31.8 Å². The number of aliphatic hydroxyl groups is 1. The Balaban J connectivity index is 1.64. The van der Waals surface area contributed by atoms with Gasteiger partial charge in [0.25, 0.3) is 0 Å². The summed E-state index contributed by atoms with van der Waals surface area (Å²) in [7, 11) is 1.58. The Morgan fingerprint density at radius 1 is 1.31 bits per heavy atom. The number of nitrogens with one attached hydrogen (secondary N) is 1. The molecule has 1 aromatic heterocycles. The lowest BCUT2D eigenvalue weighted by molar-refractivity contribution is -0.122. The maximum absolute atomic E-state index is 12.7. The first kappa shape index (κ1) is 26.1. The summed E-state index contributed by atoms with van der Waals surface area (Å²) < 4.78 is 5.59. The number of pyridine rings is 1.